The van der Waals surface area contributed by atoms with Gasteiger partial charge in [-0.25, -0.2) is 0 Å². The van der Waals surface area contributed by atoms with Crippen LogP contribution in [0.15, 0.2) is 18.2 Å². The fourth-order valence-electron chi connectivity index (χ4n) is 3.73. The molecule has 0 aromatic heterocycles. The largest absolute Gasteiger partial charge is 0.487 e. The molecular formula is C20H27ClN2O3. The number of rotatable bonds is 4. The first-order valence-electron chi connectivity index (χ1n) is 9.59. The van der Waals surface area contributed by atoms with E-state index in [0.717, 1.165) is 12.8 Å². The second-order valence-electron chi connectivity index (χ2n) is 7.30. The van der Waals surface area contributed by atoms with Gasteiger partial charge in [-0.1, -0.05) is 37.3 Å². The number of hydrogen-bond acceptors (Lipinski definition) is 3. The Labute approximate surface area is 160 Å². The number of carbonyl (C=O) groups excluding carboxylic acids is 2. The minimum atomic E-state index is -0.0903. The normalized spacial score (nSPS) is 20.7. The van der Waals surface area contributed by atoms with E-state index in [2.05, 4.69) is 5.32 Å². The van der Waals surface area contributed by atoms with Crippen molar-refractivity contribution in [2.24, 2.45) is 0 Å². The Morgan fingerprint density at radius 3 is 2.65 bits per heavy atom. The first-order chi connectivity index (χ1) is 12.5. The molecule has 1 saturated carbocycles. The fraction of sp³-hybridized carbons (Fsp3) is 0.600. The topological polar surface area (TPSA) is 58.6 Å². The summed E-state index contributed by atoms with van der Waals surface area (Å²) in [6.45, 7) is 2.40. The van der Waals surface area contributed by atoms with E-state index in [-0.39, 0.29) is 36.8 Å². The summed E-state index contributed by atoms with van der Waals surface area (Å²) in [5.41, 5.74) is 0.685. The van der Waals surface area contributed by atoms with E-state index in [0.29, 0.717) is 23.0 Å². The fourth-order valence-corrected chi connectivity index (χ4v) is 3.89. The highest BCUT2D eigenvalue weighted by Gasteiger charge is 2.28. The van der Waals surface area contributed by atoms with Gasteiger partial charge in [0.05, 0.1) is 12.2 Å². The van der Waals surface area contributed by atoms with E-state index in [1.54, 1.807) is 23.1 Å². The number of fused-ring (bicyclic) bond motifs is 1. The number of benzene rings is 1. The highest BCUT2D eigenvalue weighted by atomic mass is 35.5. The van der Waals surface area contributed by atoms with Gasteiger partial charge in [0.25, 0.3) is 0 Å². The third-order valence-electron chi connectivity index (χ3n) is 5.07. The summed E-state index contributed by atoms with van der Waals surface area (Å²) < 4.78 is 5.77. The van der Waals surface area contributed by atoms with Crippen LogP contribution in [-0.2, 0) is 9.59 Å². The van der Waals surface area contributed by atoms with Crippen molar-refractivity contribution in [3.63, 3.8) is 0 Å². The zero-order valence-electron chi connectivity index (χ0n) is 15.3. The lowest BCUT2D eigenvalue weighted by Gasteiger charge is -2.33. The minimum Gasteiger partial charge on any atom is -0.487 e. The smallest absolute Gasteiger partial charge is 0.227 e. The van der Waals surface area contributed by atoms with Crippen molar-refractivity contribution in [2.75, 3.05) is 11.4 Å². The van der Waals surface area contributed by atoms with Gasteiger partial charge >= 0.3 is 0 Å². The average Bonchev–Trinajstić information content (AvgIpc) is 2.88. The predicted octanol–water partition coefficient (Wildman–Crippen LogP) is 4.07. The summed E-state index contributed by atoms with van der Waals surface area (Å²) in [6, 6.07) is 5.54. The van der Waals surface area contributed by atoms with Gasteiger partial charge in [0.15, 0.2) is 0 Å². The summed E-state index contributed by atoms with van der Waals surface area (Å²) in [5, 5.41) is 3.66. The monoisotopic (exact) mass is 378 g/mol. The van der Waals surface area contributed by atoms with Gasteiger partial charge in [0.2, 0.25) is 11.8 Å². The molecule has 2 amide bonds. The molecule has 6 heteroatoms. The number of ether oxygens (including phenoxy) is 1. The molecule has 1 aromatic rings. The first kappa shape index (κ1) is 19.0. The molecule has 1 aliphatic carbocycles. The molecule has 1 aromatic carbocycles. The van der Waals surface area contributed by atoms with E-state index in [9.17, 15) is 9.59 Å². The predicted molar refractivity (Wildman–Crippen MR) is 103 cm³/mol. The van der Waals surface area contributed by atoms with Crippen LogP contribution in [0.25, 0.3) is 0 Å². The Morgan fingerprint density at radius 2 is 1.92 bits per heavy atom. The zero-order chi connectivity index (χ0) is 18.5. The van der Waals surface area contributed by atoms with Crippen LogP contribution in [0.4, 0.5) is 5.69 Å². The lowest BCUT2D eigenvalue weighted by molar-refractivity contribution is -0.125. The second kappa shape index (κ2) is 8.76. The molecule has 142 valence electrons. The molecule has 0 saturated heterocycles. The first-order valence-corrected chi connectivity index (χ1v) is 9.96. The summed E-state index contributed by atoms with van der Waals surface area (Å²) in [6.07, 6.45) is 7.27. The number of anilines is 1. The number of hydrogen-bond donors (Lipinski definition) is 1. The standard InChI is InChI=1S/C20H27ClN2O3/c1-14-13-23(17-12-15(21)8-9-18(17)26-14)20(25)11-10-19(24)22-16-6-4-2-3-5-7-16/h8-9,12,14,16H,2-7,10-11,13H2,1H3,(H,22,24). The Kier molecular flexibility index (Phi) is 6.41. The molecule has 1 atom stereocenters. The number of halogens is 1. The maximum absolute atomic E-state index is 12.7. The Balaban J connectivity index is 1.56. The van der Waals surface area contributed by atoms with Crippen molar-refractivity contribution >= 4 is 29.1 Å². The van der Waals surface area contributed by atoms with Crippen LogP contribution in [0.1, 0.15) is 58.3 Å². The minimum absolute atomic E-state index is 0.0297. The van der Waals surface area contributed by atoms with Crippen molar-refractivity contribution in [3.05, 3.63) is 23.2 Å². The molecule has 0 spiro atoms. The van der Waals surface area contributed by atoms with Crippen molar-refractivity contribution in [1.82, 2.24) is 5.32 Å². The van der Waals surface area contributed by atoms with Gasteiger partial charge < -0.3 is 15.0 Å². The van der Waals surface area contributed by atoms with E-state index >= 15 is 0 Å². The van der Waals surface area contributed by atoms with Crippen LogP contribution in [0.5, 0.6) is 5.75 Å². The second-order valence-corrected chi connectivity index (χ2v) is 7.74. The maximum Gasteiger partial charge on any atom is 0.227 e. The van der Waals surface area contributed by atoms with Crippen molar-refractivity contribution in [1.29, 1.82) is 0 Å². The molecule has 0 bridgehead atoms. The molecule has 5 nitrogen and oxygen atoms in total. The number of nitrogens with zero attached hydrogens (tertiary/aromatic N) is 1. The molecule has 1 N–H and O–H groups in total. The molecule has 2 aliphatic rings. The van der Waals surface area contributed by atoms with Crippen molar-refractivity contribution in [3.8, 4) is 5.75 Å². The highest BCUT2D eigenvalue weighted by molar-refractivity contribution is 6.31. The third-order valence-corrected chi connectivity index (χ3v) is 5.30. The van der Waals surface area contributed by atoms with Crippen molar-refractivity contribution in [2.45, 2.75) is 70.4 Å². The maximum atomic E-state index is 12.7. The molecule has 1 fully saturated rings. The van der Waals surface area contributed by atoms with Gasteiger partial charge in [-0.3, -0.25) is 9.59 Å². The van der Waals surface area contributed by atoms with Gasteiger partial charge in [-0.15, -0.1) is 0 Å². The van der Waals surface area contributed by atoms with Crippen LogP contribution < -0.4 is 15.0 Å². The SMILES string of the molecule is CC1CN(C(=O)CCC(=O)NC2CCCCCC2)c2cc(Cl)ccc2O1. The van der Waals surface area contributed by atoms with Crippen molar-refractivity contribution < 1.29 is 14.3 Å². The van der Waals surface area contributed by atoms with Crippen LogP contribution in [0.3, 0.4) is 0 Å². The molecular weight excluding hydrogens is 352 g/mol. The van der Waals surface area contributed by atoms with Gasteiger partial charge in [0.1, 0.15) is 11.9 Å². The molecule has 26 heavy (non-hydrogen) atoms. The van der Waals surface area contributed by atoms with Crippen LogP contribution in [0.2, 0.25) is 5.02 Å². The quantitative estimate of drug-likeness (QED) is 0.803. The van der Waals surface area contributed by atoms with E-state index in [1.165, 1.54) is 25.7 Å². The Bertz CT molecular complexity index is 656. The average molecular weight is 379 g/mol. The number of nitrogens with one attached hydrogen (secondary N) is 1. The van der Waals surface area contributed by atoms with Crippen LogP contribution in [-0.4, -0.2) is 30.5 Å². The molecule has 0 radical (unpaired) electrons. The summed E-state index contributed by atoms with van der Waals surface area (Å²) >= 11 is 6.07. The summed E-state index contributed by atoms with van der Waals surface area (Å²) in [4.78, 5) is 26.7. The van der Waals surface area contributed by atoms with Gasteiger partial charge in [0, 0.05) is 23.9 Å². The number of amides is 2. The lowest BCUT2D eigenvalue weighted by atomic mass is 10.1. The van der Waals surface area contributed by atoms with Gasteiger partial charge in [-0.05, 0) is 38.0 Å². The number of carbonyl (C=O) groups is 2. The molecule has 3 rings (SSSR count). The van der Waals surface area contributed by atoms with E-state index < -0.39 is 0 Å². The van der Waals surface area contributed by atoms with E-state index in [1.807, 2.05) is 6.92 Å². The van der Waals surface area contributed by atoms with Crippen LogP contribution in [0, 0.1) is 0 Å². The third kappa shape index (κ3) is 4.91. The molecule has 1 aliphatic heterocycles. The Morgan fingerprint density at radius 1 is 1.19 bits per heavy atom. The summed E-state index contributed by atoms with van der Waals surface area (Å²) in [7, 11) is 0. The van der Waals surface area contributed by atoms with Gasteiger partial charge in [-0.2, -0.15) is 0 Å². The molecule has 1 unspecified atom stereocenters. The van der Waals surface area contributed by atoms with Crippen LogP contribution >= 0.6 is 11.6 Å². The highest BCUT2D eigenvalue weighted by Crippen LogP contribution is 2.36. The molecule has 1 heterocycles. The lowest BCUT2D eigenvalue weighted by Crippen LogP contribution is -2.43. The zero-order valence-corrected chi connectivity index (χ0v) is 16.1. The Hall–Kier alpha value is -1.75. The summed E-state index contributed by atoms with van der Waals surface area (Å²) in [5.74, 6) is 0.557. The van der Waals surface area contributed by atoms with E-state index in [4.69, 9.17) is 16.3 Å².